The van der Waals surface area contributed by atoms with Gasteiger partial charge in [-0.15, -0.1) is 0 Å². The zero-order chi connectivity index (χ0) is 17.2. The number of aromatic nitrogens is 3. The van der Waals surface area contributed by atoms with Crippen molar-refractivity contribution in [3.8, 4) is 11.5 Å². The Morgan fingerprint density at radius 1 is 1.24 bits per heavy atom. The molecule has 0 aliphatic carbocycles. The van der Waals surface area contributed by atoms with Crippen molar-refractivity contribution < 1.29 is 13.9 Å². The molecule has 1 aliphatic heterocycles. The molecule has 1 aromatic carbocycles. The first-order valence-corrected chi connectivity index (χ1v) is 8.45. The summed E-state index contributed by atoms with van der Waals surface area (Å²) in [6, 6.07) is 9.61. The van der Waals surface area contributed by atoms with Crippen molar-refractivity contribution in [2.75, 3.05) is 0 Å². The average Bonchev–Trinajstić information content (AvgIpc) is 3.26. The lowest BCUT2D eigenvalue weighted by molar-refractivity contribution is 0.0459. The van der Waals surface area contributed by atoms with Crippen molar-refractivity contribution in [3.63, 3.8) is 0 Å². The number of nitrogens with zero attached hydrogens (tertiary/aromatic N) is 3. The summed E-state index contributed by atoms with van der Waals surface area (Å²) in [6.07, 6.45) is 4.59. The third-order valence-electron chi connectivity index (χ3n) is 4.43. The molecule has 0 amide bonds. The normalized spacial score (nSPS) is 13.5. The van der Waals surface area contributed by atoms with E-state index in [0.717, 1.165) is 42.9 Å². The van der Waals surface area contributed by atoms with Gasteiger partial charge in [-0.25, -0.2) is 14.8 Å². The number of carbonyl (C=O) groups excluding carboxylic acids is 1. The van der Waals surface area contributed by atoms with Gasteiger partial charge in [0.2, 0.25) is 5.89 Å². The van der Waals surface area contributed by atoms with Gasteiger partial charge in [-0.3, -0.25) is 0 Å². The number of aryl methyl sites for hydroxylation is 1. The minimum absolute atomic E-state index is 0.0700. The van der Waals surface area contributed by atoms with E-state index >= 15 is 0 Å². The summed E-state index contributed by atoms with van der Waals surface area (Å²) in [6.45, 7) is 2.92. The van der Waals surface area contributed by atoms with E-state index in [1.807, 2.05) is 37.3 Å². The molecule has 2 aromatic heterocycles. The minimum Gasteiger partial charge on any atom is -0.454 e. The highest BCUT2D eigenvalue weighted by molar-refractivity contribution is 5.88. The van der Waals surface area contributed by atoms with Crippen molar-refractivity contribution in [1.29, 1.82) is 0 Å². The first-order valence-electron chi connectivity index (χ1n) is 8.45. The monoisotopic (exact) mass is 337 g/mol. The fourth-order valence-corrected chi connectivity index (χ4v) is 3.18. The third-order valence-corrected chi connectivity index (χ3v) is 4.43. The number of esters is 1. The quantitative estimate of drug-likeness (QED) is 0.681. The lowest BCUT2D eigenvalue weighted by atomic mass is 10.1. The van der Waals surface area contributed by atoms with Crippen LogP contribution < -0.4 is 0 Å². The van der Waals surface area contributed by atoms with E-state index < -0.39 is 5.97 Å². The first kappa shape index (κ1) is 15.6. The van der Waals surface area contributed by atoms with Crippen LogP contribution in [-0.2, 0) is 24.3 Å². The van der Waals surface area contributed by atoms with Crippen LogP contribution in [0.2, 0.25) is 0 Å². The van der Waals surface area contributed by atoms with Crippen molar-refractivity contribution in [3.05, 3.63) is 59.5 Å². The molecule has 25 heavy (non-hydrogen) atoms. The van der Waals surface area contributed by atoms with Crippen molar-refractivity contribution in [1.82, 2.24) is 14.5 Å². The number of benzene rings is 1. The molecule has 0 atom stereocenters. The van der Waals surface area contributed by atoms with Gasteiger partial charge in [0, 0.05) is 12.1 Å². The van der Waals surface area contributed by atoms with Crippen molar-refractivity contribution in [2.45, 2.75) is 39.3 Å². The van der Waals surface area contributed by atoms with Crippen LogP contribution in [0.25, 0.3) is 11.5 Å². The number of hydrogen-bond donors (Lipinski definition) is 0. The molecular formula is C19H19N3O3. The van der Waals surface area contributed by atoms with E-state index in [2.05, 4.69) is 14.5 Å². The predicted molar refractivity (Wildman–Crippen MR) is 91.0 cm³/mol. The van der Waals surface area contributed by atoms with Gasteiger partial charge < -0.3 is 13.7 Å². The van der Waals surface area contributed by atoms with Crippen LogP contribution in [0.3, 0.4) is 0 Å². The summed E-state index contributed by atoms with van der Waals surface area (Å²) in [4.78, 5) is 21.2. The fourth-order valence-electron chi connectivity index (χ4n) is 3.18. The Hall–Kier alpha value is -2.89. The van der Waals surface area contributed by atoms with Gasteiger partial charge in [0.25, 0.3) is 0 Å². The van der Waals surface area contributed by atoms with E-state index in [9.17, 15) is 4.79 Å². The van der Waals surface area contributed by atoms with E-state index in [1.54, 1.807) is 0 Å². The summed E-state index contributed by atoms with van der Waals surface area (Å²) in [5.74, 6) is 0.985. The number of imidazole rings is 1. The summed E-state index contributed by atoms with van der Waals surface area (Å²) in [5.41, 5.74) is 2.89. The molecule has 0 spiro atoms. The van der Waals surface area contributed by atoms with Gasteiger partial charge in [0.05, 0.1) is 5.69 Å². The maximum Gasteiger partial charge on any atom is 0.359 e. The summed E-state index contributed by atoms with van der Waals surface area (Å²) in [7, 11) is 0. The lowest BCUT2D eigenvalue weighted by Gasteiger charge is -2.15. The molecule has 3 aromatic rings. The van der Waals surface area contributed by atoms with Crippen LogP contribution in [0.4, 0.5) is 0 Å². The van der Waals surface area contributed by atoms with E-state index in [0.29, 0.717) is 17.3 Å². The van der Waals surface area contributed by atoms with E-state index in [1.165, 1.54) is 6.26 Å². The predicted octanol–water partition coefficient (Wildman–Crippen LogP) is 3.54. The molecule has 6 nitrogen and oxygen atoms in total. The second kappa shape index (κ2) is 6.55. The second-order valence-electron chi connectivity index (χ2n) is 6.15. The number of hydrogen-bond acceptors (Lipinski definition) is 5. The van der Waals surface area contributed by atoms with Crippen LogP contribution in [0, 0.1) is 6.92 Å². The number of ether oxygens (including phenoxy) is 1. The molecular weight excluding hydrogens is 318 g/mol. The highest BCUT2D eigenvalue weighted by Gasteiger charge is 2.24. The van der Waals surface area contributed by atoms with E-state index in [4.69, 9.17) is 9.15 Å². The van der Waals surface area contributed by atoms with Gasteiger partial charge in [-0.2, -0.15) is 0 Å². The van der Waals surface area contributed by atoms with Gasteiger partial charge >= 0.3 is 5.97 Å². The van der Waals surface area contributed by atoms with Gasteiger partial charge in [-0.1, -0.05) is 18.2 Å². The molecule has 128 valence electrons. The van der Waals surface area contributed by atoms with Gasteiger partial charge in [-0.05, 0) is 38.3 Å². The number of oxazole rings is 1. The Kier molecular flexibility index (Phi) is 4.09. The molecule has 0 unspecified atom stereocenters. The molecule has 1 aliphatic rings. The van der Waals surface area contributed by atoms with Crippen LogP contribution in [0.5, 0.6) is 0 Å². The second-order valence-corrected chi connectivity index (χ2v) is 6.15. The molecule has 0 N–H and O–H groups in total. The molecule has 0 fully saturated rings. The Bertz CT molecular complexity index is 896. The Balaban J connectivity index is 1.45. The highest BCUT2D eigenvalue weighted by atomic mass is 16.5. The molecule has 0 bridgehead atoms. The Morgan fingerprint density at radius 2 is 2.08 bits per heavy atom. The number of rotatable bonds is 4. The smallest absolute Gasteiger partial charge is 0.359 e. The zero-order valence-corrected chi connectivity index (χ0v) is 14.1. The maximum atomic E-state index is 12.4. The lowest BCUT2D eigenvalue weighted by Crippen LogP contribution is -2.15. The van der Waals surface area contributed by atoms with E-state index in [-0.39, 0.29) is 6.61 Å². The molecule has 0 saturated carbocycles. The van der Waals surface area contributed by atoms with Crippen molar-refractivity contribution in [2.24, 2.45) is 0 Å². The number of fused-ring (bicyclic) bond motifs is 1. The van der Waals surface area contributed by atoms with Crippen LogP contribution in [-0.4, -0.2) is 20.5 Å². The van der Waals surface area contributed by atoms with Gasteiger partial charge in [0.15, 0.2) is 5.69 Å². The summed E-state index contributed by atoms with van der Waals surface area (Å²) < 4.78 is 13.0. The highest BCUT2D eigenvalue weighted by Crippen LogP contribution is 2.22. The SMILES string of the molecule is Cc1nc(C(=O)OCc2coc(-c3ccccc3)n2)c2n1CCCC2. The van der Waals surface area contributed by atoms with Crippen LogP contribution in [0.1, 0.15) is 40.5 Å². The average molecular weight is 337 g/mol. The minimum atomic E-state index is -0.400. The van der Waals surface area contributed by atoms with Crippen LogP contribution in [0.15, 0.2) is 41.0 Å². The fraction of sp³-hybridized carbons (Fsp3) is 0.316. The largest absolute Gasteiger partial charge is 0.454 e. The van der Waals surface area contributed by atoms with Gasteiger partial charge in [0.1, 0.15) is 24.4 Å². The molecule has 0 radical (unpaired) electrons. The van der Waals surface area contributed by atoms with Crippen molar-refractivity contribution >= 4 is 5.97 Å². The topological polar surface area (TPSA) is 70.2 Å². The summed E-state index contributed by atoms with van der Waals surface area (Å²) in [5, 5.41) is 0. The molecule has 3 heterocycles. The molecule has 0 saturated heterocycles. The first-order chi connectivity index (χ1) is 12.2. The zero-order valence-electron chi connectivity index (χ0n) is 14.1. The molecule has 6 heteroatoms. The third kappa shape index (κ3) is 3.07. The Morgan fingerprint density at radius 3 is 2.92 bits per heavy atom. The Labute approximate surface area is 145 Å². The molecule has 4 rings (SSSR count). The standard InChI is InChI=1S/C19H19N3O3/c1-13-20-17(16-9-5-6-10-22(13)16)19(23)25-12-15-11-24-18(21-15)14-7-3-2-4-8-14/h2-4,7-8,11H,5-6,9-10,12H2,1H3. The van der Waals surface area contributed by atoms with Crippen LogP contribution >= 0.6 is 0 Å². The number of carbonyl (C=O) groups is 1. The maximum absolute atomic E-state index is 12.4. The summed E-state index contributed by atoms with van der Waals surface area (Å²) >= 11 is 0.